The molecule has 0 unspecified atom stereocenters. The number of rotatable bonds is 3. The molecule has 82 valence electrons. The smallest absolute Gasteiger partial charge is 0.141 e. The number of pyridine rings is 1. The van der Waals surface area contributed by atoms with Crippen LogP contribution in [0.4, 0.5) is 0 Å². The summed E-state index contributed by atoms with van der Waals surface area (Å²) in [5.41, 5.74) is 0.960. The standard InChI is InChI=1S/C12H11NO2S/c1-9-5-10(14)7-11(6-9)15-16-12-3-2-4-13-8-12/h2-8,14H,1H3. The number of aryl methyl sites for hydroxylation is 1. The van der Waals surface area contributed by atoms with Crippen molar-refractivity contribution in [3.05, 3.63) is 48.3 Å². The first-order chi connectivity index (χ1) is 7.74. The molecule has 0 spiro atoms. The molecule has 0 aliphatic rings. The zero-order valence-electron chi connectivity index (χ0n) is 8.75. The first-order valence-corrected chi connectivity index (χ1v) is 5.53. The molecule has 2 rings (SSSR count). The molecular formula is C12H11NO2S. The third kappa shape index (κ3) is 2.90. The van der Waals surface area contributed by atoms with Crippen LogP contribution in [-0.4, -0.2) is 10.1 Å². The quantitative estimate of drug-likeness (QED) is 0.827. The van der Waals surface area contributed by atoms with Gasteiger partial charge in [-0.3, -0.25) is 4.98 Å². The minimum atomic E-state index is 0.210. The van der Waals surface area contributed by atoms with Gasteiger partial charge in [0, 0.05) is 18.5 Å². The zero-order valence-corrected chi connectivity index (χ0v) is 9.57. The highest BCUT2D eigenvalue weighted by molar-refractivity contribution is 7.95. The molecule has 0 atom stereocenters. The molecule has 1 aromatic carbocycles. The van der Waals surface area contributed by atoms with Gasteiger partial charge in [-0.2, -0.15) is 0 Å². The van der Waals surface area contributed by atoms with Gasteiger partial charge in [-0.15, -0.1) is 0 Å². The van der Waals surface area contributed by atoms with Crippen LogP contribution in [0.2, 0.25) is 0 Å². The van der Waals surface area contributed by atoms with Gasteiger partial charge in [0.25, 0.3) is 0 Å². The Morgan fingerprint density at radius 1 is 1.31 bits per heavy atom. The predicted molar refractivity (Wildman–Crippen MR) is 63.6 cm³/mol. The van der Waals surface area contributed by atoms with Crippen LogP contribution in [0, 0.1) is 6.92 Å². The van der Waals surface area contributed by atoms with Gasteiger partial charge in [-0.25, -0.2) is 0 Å². The second-order valence-corrected chi connectivity index (χ2v) is 4.16. The molecule has 0 fully saturated rings. The fourth-order valence-corrected chi connectivity index (χ4v) is 1.80. The Morgan fingerprint density at radius 2 is 2.19 bits per heavy atom. The molecule has 0 aliphatic carbocycles. The van der Waals surface area contributed by atoms with E-state index >= 15 is 0 Å². The Balaban J connectivity index is 2.05. The van der Waals surface area contributed by atoms with Gasteiger partial charge in [-0.05, 0) is 36.8 Å². The van der Waals surface area contributed by atoms with E-state index in [9.17, 15) is 5.11 Å². The summed E-state index contributed by atoms with van der Waals surface area (Å²) in [6.45, 7) is 1.90. The lowest BCUT2D eigenvalue weighted by atomic mass is 10.2. The number of aromatic nitrogens is 1. The van der Waals surface area contributed by atoms with Crippen LogP contribution in [-0.2, 0) is 0 Å². The molecule has 0 aliphatic heterocycles. The minimum absolute atomic E-state index is 0.210. The van der Waals surface area contributed by atoms with Crippen molar-refractivity contribution < 1.29 is 9.29 Å². The van der Waals surface area contributed by atoms with Crippen molar-refractivity contribution in [2.45, 2.75) is 11.8 Å². The topological polar surface area (TPSA) is 42.4 Å². The van der Waals surface area contributed by atoms with E-state index in [1.165, 1.54) is 12.0 Å². The van der Waals surface area contributed by atoms with Gasteiger partial charge in [0.15, 0.2) is 0 Å². The van der Waals surface area contributed by atoms with Crippen molar-refractivity contribution in [2.75, 3.05) is 0 Å². The molecule has 0 saturated heterocycles. The highest BCUT2D eigenvalue weighted by Crippen LogP contribution is 2.27. The maximum absolute atomic E-state index is 9.39. The Kier molecular flexibility index (Phi) is 3.31. The molecule has 1 aromatic heterocycles. The van der Waals surface area contributed by atoms with Gasteiger partial charge < -0.3 is 9.29 Å². The van der Waals surface area contributed by atoms with Gasteiger partial charge in [0.1, 0.15) is 11.5 Å². The van der Waals surface area contributed by atoms with Crippen molar-refractivity contribution in [3.63, 3.8) is 0 Å². The van der Waals surface area contributed by atoms with Crippen molar-refractivity contribution in [1.29, 1.82) is 0 Å². The molecule has 0 saturated carbocycles. The predicted octanol–water partition coefficient (Wildman–Crippen LogP) is 3.18. The van der Waals surface area contributed by atoms with Gasteiger partial charge in [0.05, 0.1) is 16.9 Å². The summed E-state index contributed by atoms with van der Waals surface area (Å²) in [6, 6.07) is 8.88. The van der Waals surface area contributed by atoms with E-state index in [0.717, 1.165) is 10.5 Å². The summed E-state index contributed by atoms with van der Waals surface area (Å²) in [7, 11) is 0. The van der Waals surface area contributed by atoms with E-state index in [1.807, 2.05) is 25.1 Å². The minimum Gasteiger partial charge on any atom is -0.508 e. The van der Waals surface area contributed by atoms with Crippen LogP contribution in [0.15, 0.2) is 47.6 Å². The van der Waals surface area contributed by atoms with Crippen LogP contribution in [0.1, 0.15) is 5.56 Å². The first kappa shape index (κ1) is 10.8. The maximum atomic E-state index is 9.39. The van der Waals surface area contributed by atoms with Gasteiger partial charge >= 0.3 is 0 Å². The SMILES string of the molecule is Cc1cc(O)cc(OSc2cccnc2)c1. The van der Waals surface area contributed by atoms with Gasteiger partial charge in [0.2, 0.25) is 0 Å². The van der Waals surface area contributed by atoms with Crippen LogP contribution >= 0.6 is 12.0 Å². The fourth-order valence-electron chi connectivity index (χ4n) is 1.27. The van der Waals surface area contributed by atoms with Crippen molar-refractivity contribution in [3.8, 4) is 11.5 Å². The normalized spacial score (nSPS) is 10.1. The zero-order chi connectivity index (χ0) is 11.4. The summed E-state index contributed by atoms with van der Waals surface area (Å²) >= 11 is 1.22. The number of nitrogens with zero attached hydrogens (tertiary/aromatic N) is 1. The molecule has 16 heavy (non-hydrogen) atoms. The number of benzene rings is 1. The van der Waals surface area contributed by atoms with E-state index in [4.69, 9.17) is 4.18 Å². The monoisotopic (exact) mass is 233 g/mol. The molecule has 0 amide bonds. The number of hydrogen-bond acceptors (Lipinski definition) is 4. The third-order valence-corrected chi connectivity index (χ3v) is 2.61. The lowest BCUT2D eigenvalue weighted by Crippen LogP contribution is -1.83. The van der Waals surface area contributed by atoms with E-state index in [0.29, 0.717) is 5.75 Å². The first-order valence-electron chi connectivity index (χ1n) is 4.79. The Morgan fingerprint density at radius 3 is 2.88 bits per heavy atom. The molecule has 1 N–H and O–H groups in total. The van der Waals surface area contributed by atoms with Crippen molar-refractivity contribution in [2.24, 2.45) is 0 Å². The molecule has 4 heteroatoms. The van der Waals surface area contributed by atoms with Crippen LogP contribution in [0.5, 0.6) is 11.5 Å². The Labute approximate surface area is 98.3 Å². The molecular weight excluding hydrogens is 222 g/mol. The number of phenolic OH excluding ortho intramolecular Hbond substituents is 1. The van der Waals surface area contributed by atoms with E-state index < -0.39 is 0 Å². The van der Waals surface area contributed by atoms with Crippen molar-refractivity contribution in [1.82, 2.24) is 4.98 Å². The average Bonchev–Trinajstić information content (AvgIpc) is 2.27. The van der Waals surface area contributed by atoms with E-state index in [-0.39, 0.29) is 5.75 Å². The highest BCUT2D eigenvalue weighted by Gasteiger charge is 2.00. The Hall–Kier alpha value is -1.68. The molecule has 1 heterocycles. The third-order valence-electron chi connectivity index (χ3n) is 1.90. The van der Waals surface area contributed by atoms with Gasteiger partial charge in [-0.1, -0.05) is 0 Å². The number of hydrogen-bond donors (Lipinski definition) is 1. The molecule has 2 aromatic rings. The van der Waals surface area contributed by atoms with E-state index in [1.54, 1.807) is 24.5 Å². The fraction of sp³-hybridized carbons (Fsp3) is 0.0833. The summed E-state index contributed by atoms with van der Waals surface area (Å²) in [4.78, 5) is 4.90. The lowest BCUT2D eigenvalue weighted by molar-refractivity contribution is 0.471. The summed E-state index contributed by atoms with van der Waals surface area (Å²) in [5.74, 6) is 0.841. The van der Waals surface area contributed by atoms with Crippen molar-refractivity contribution >= 4 is 12.0 Å². The highest BCUT2D eigenvalue weighted by atomic mass is 32.2. The van der Waals surface area contributed by atoms with E-state index in [2.05, 4.69) is 4.98 Å². The maximum Gasteiger partial charge on any atom is 0.141 e. The summed E-state index contributed by atoms with van der Waals surface area (Å²) in [6.07, 6.45) is 3.43. The number of phenols is 1. The largest absolute Gasteiger partial charge is 0.508 e. The molecule has 0 bridgehead atoms. The Bertz CT molecular complexity index is 453. The number of aromatic hydroxyl groups is 1. The summed E-state index contributed by atoms with van der Waals surface area (Å²) < 4.78 is 5.47. The average molecular weight is 233 g/mol. The van der Waals surface area contributed by atoms with Crippen LogP contribution in [0.25, 0.3) is 0 Å². The van der Waals surface area contributed by atoms with Crippen LogP contribution < -0.4 is 4.18 Å². The molecule has 0 radical (unpaired) electrons. The molecule has 3 nitrogen and oxygen atoms in total. The lowest BCUT2D eigenvalue weighted by Gasteiger charge is -2.05. The second-order valence-electron chi connectivity index (χ2n) is 3.36. The second kappa shape index (κ2) is 4.90. The summed E-state index contributed by atoms with van der Waals surface area (Å²) in [5, 5.41) is 9.39. The van der Waals surface area contributed by atoms with Crippen LogP contribution in [0.3, 0.4) is 0 Å².